The number of nitrogens with zero attached hydrogens (tertiary/aromatic N) is 1. The highest BCUT2D eigenvalue weighted by Gasteiger charge is 2.05. The number of carbonyl (C=O) groups excluding carboxylic acids is 1. The van der Waals surface area contributed by atoms with Crippen molar-refractivity contribution in [2.75, 3.05) is 24.9 Å². The third-order valence-corrected chi connectivity index (χ3v) is 2.50. The Morgan fingerprint density at radius 3 is 2.89 bits per heavy atom. The van der Waals surface area contributed by atoms with E-state index >= 15 is 0 Å². The molecular formula is C11H13Cl2N3O2. The van der Waals surface area contributed by atoms with Gasteiger partial charge in [0.1, 0.15) is 12.4 Å². The molecular weight excluding hydrogens is 277 g/mol. The number of alkyl halides is 1. The number of hydrogen-bond donors (Lipinski definition) is 2. The minimum absolute atomic E-state index is 0.0228. The number of methoxy groups -OCH3 is 1. The van der Waals surface area contributed by atoms with Gasteiger partial charge in [-0.05, 0) is 18.2 Å². The number of aliphatic imine (C=N–C) groups is 1. The standard InChI is InChI=1S/C11H13Cl2N3O2/c1-18-6-11(17)15-7-2-3-8(13)9(4-7)16-10(14)5-12/h2-4H,5-6H2,1H3,(H2,14,16)(H,15,17). The van der Waals surface area contributed by atoms with Gasteiger partial charge in [0.15, 0.2) is 0 Å². The molecule has 0 saturated carbocycles. The average molecular weight is 290 g/mol. The summed E-state index contributed by atoms with van der Waals surface area (Å²) in [7, 11) is 1.44. The smallest absolute Gasteiger partial charge is 0.250 e. The largest absolute Gasteiger partial charge is 0.386 e. The summed E-state index contributed by atoms with van der Waals surface area (Å²) in [6.07, 6.45) is 0. The van der Waals surface area contributed by atoms with Gasteiger partial charge in [-0.2, -0.15) is 0 Å². The Kier molecular flexibility index (Phi) is 5.91. The molecule has 1 aromatic carbocycles. The van der Waals surface area contributed by atoms with Crippen LogP contribution in [0, 0.1) is 0 Å². The predicted molar refractivity (Wildman–Crippen MR) is 74.0 cm³/mol. The summed E-state index contributed by atoms with van der Waals surface area (Å²) < 4.78 is 4.71. The lowest BCUT2D eigenvalue weighted by atomic mass is 10.2. The molecule has 1 amide bonds. The van der Waals surface area contributed by atoms with Gasteiger partial charge in [-0.25, -0.2) is 4.99 Å². The van der Waals surface area contributed by atoms with E-state index in [4.69, 9.17) is 33.7 Å². The van der Waals surface area contributed by atoms with Gasteiger partial charge in [-0.3, -0.25) is 4.79 Å². The van der Waals surface area contributed by atoms with Gasteiger partial charge >= 0.3 is 0 Å². The third kappa shape index (κ3) is 4.52. The Hall–Kier alpha value is -1.30. The van der Waals surface area contributed by atoms with Gasteiger partial charge in [0.25, 0.3) is 0 Å². The number of carbonyl (C=O) groups is 1. The van der Waals surface area contributed by atoms with Crippen molar-refractivity contribution in [1.82, 2.24) is 0 Å². The van der Waals surface area contributed by atoms with E-state index in [1.165, 1.54) is 7.11 Å². The van der Waals surface area contributed by atoms with Gasteiger partial charge in [0.05, 0.1) is 16.6 Å². The first-order chi connectivity index (χ1) is 8.56. The van der Waals surface area contributed by atoms with E-state index in [9.17, 15) is 4.79 Å². The fourth-order valence-electron chi connectivity index (χ4n) is 1.19. The molecule has 18 heavy (non-hydrogen) atoms. The molecule has 0 bridgehead atoms. The van der Waals surface area contributed by atoms with Crippen LogP contribution in [0.5, 0.6) is 0 Å². The average Bonchev–Trinajstić information content (AvgIpc) is 2.33. The number of nitrogens with one attached hydrogen (secondary N) is 1. The minimum atomic E-state index is -0.264. The van der Waals surface area contributed by atoms with Crippen molar-refractivity contribution in [3.8, 4) is 0 Å². The summed E-state index contributed by atoms with van der Waals surface area (Å²) in [5.74, 6) is 0.0929. The van der Waals surface area contributed by atoms with E-state index in [2.05, 4.69) is 10.3 Å². The molecule has 98 valence electrons. The van der Waals surface area contributed by atoms with Crippen LogP contribution in [0.4, 0.5) is 11.4 Å². The topological polar surface area (TPSA) is 76.7 Å². The monoisotopic (exact) mass is 289 g/mol. The van der Waals surface area contributed by atoms with Crippen LogP contribution in [-0.2, 0) is 9.53 Å². The summed E-state index contributed by atoms with van der Waals surface area (Å²) in [4.78, 5) is 15.4. The highest BCUT2D eigenvalue weighted by atomic mass is 35.5. The van der Waals surface area contributed by atoms with E-state index in [1.54, 1.807) is 18.2 Å². The second kappa shape index (κ2) is 7.20. The number of ether oxygens (including phenoxy) is 1. The molecule has 3 N–H and O–H groups in total. The maximum Gasteiger partial charge on any atom is 0.250 e. The molecule has 0 radical (unpaired) electrons. The van der Waals surface area contributed by atoms with Gasteiger partial charge in [-0.15, -0.1) is 11.6 Å². The van der Waals surface area contributed by atoms with E-state index in [1.807, 2.05) is 0 Å². The Balaban J connectivity index is 2.90. The normalized spacial score (nSPS) is 11.4. The lowest BCUT2D eigenvalue weighted by Crippen LogP contribution is -2.17. The summed E-state index contributed by atoms with van der Waals surface area (Å²) in [6.45, 7) is -0.0228. The molecule has 1 aromatic rings. The number of benzene rings is 1. The molecule has 1 rings (SSSR count). The molecule has 0 aliphatic carbocycles. The summed E-state index contributed by atoms with van der Waals surface area (Å²) in [5.41, 5.74) is 6.53. The fourth-order valence-corrected chi connectivity index (χ4v) is 1.41. The van der Waals surface area contributed by atoms with Crippen LogP contribution in [0.25, 0.3) is 0 Å². The van der Waals surface area contributed by atoms with E-state index in [0.717, 1.165) is 0 Å². The molecule has 0 aliphatic rings. The first-order valence-corrected chi connectivity index (χ1v) is 5.95. The van der Waals surface area contributed by atoms with E-state index < -0.39 is 0 Å². The maximum absolute atomic E-state index is 11.3. The minimum Gasteiger partial charge on any atom is -0.386 e. The first kappa shape index (κ1) is 14.8. The molecule has 0 heterocycles. The van der Waals surface area contributed by atoms with Crippen molar-refractivity contribution < 1.29 is 9.53 Å². The van der Waals surface area contributed by atoms with Crippen molar-refractivity contribution in [3.05, 3.63) is 23.2 Å². The Labute approximate surface area is 115 Å². The summed E-state index contributed by atoms with van der Waals surface area (Å²) in [6, 6.07) is 4.88. The molecule has 0 aliphatic heterocycles. The van der Waals surface area contributed by atoms with Crippen LogP contribution in [-0.4, -0.2) is 31.3 Å². The molecule has 0 spiro atoms. The van der Waals surface area contributed by atoms with Crippen LogP contribution in [0.2, 0.25) is 5.02 Å². The highest BCUT2D eigenvalue weighted by Crippen LogP contribution is 2.28. The molecule has 0 saturated heterocycles. The quantitative estimate of drug-likeness (QED) is 0.495. The van der Waals surface area contributed by atoms with Gasteiger partial charge in [0.2, 0.25) is 5.91 Å². The summed E-state index contributed by atoms with van der Waals surface area (Å²) in [5, 5.41) is 3.06. The maximum atomic E-state index is 11.3. The van der Waals surface area contributed by atoms with Gasteiger partial charge in [0, 0.05) is 12.8 Å². The second-order valence-corrected chi connectivity index (χ2v) is 4.06. The Morgan fingerprint density at radius 1 is 1.56 bits per heavy atom. The van der Waals surface area contributed by atoms with Crippen LogP contribution in [0.15, 0.2) is 23.2 Å². The van der Waals surface area contributed by atoms with Crippen LogP contribution < -0.4 is 11.1 Å². The number of amides is 1. The second-order valence-electron chi connectivity index (χ2n) is 3.38. The number of halogens is 2. The Morgan fingerprint density at radius 2 is 2.28 bits per heavy atom. The molecule has 0 aromatic heterocycles. The number of hydrogen-bond acceptors (Lipinski definition) is 3. The van der Waals surface area contributed by atoms with Crippen LogP contribution >= 0.6 is 23.2 Å². The lowest BCUT2D eigenvalue weighted by molar-refractivity contribution is -0.119. The van der Waals surface area contributed by atoms with E-state index in [0.29, 0.717) is 16.4 Å². The predicted octanol–water partition coefficient (Wildman–Crippen LogP) is 2.15. The van der Waals surface area contributed by atoms with Crippen molar-refractivity contribution in [1.29, 1.82) is 0 Å². The van der Waals surface area contributed by atoms with Crippen LogP contribution in [0.1, 0.15) is 0 Å². The number of rotatable bonds is 5. The molecule has 0 fully saturated rings. The fraction of sp³-hybridized carbons (Fsp3) is 0.273. The number of nitrogens with two attached hydrogens (primary N) is 1. The van der Waals surface area contributed by atoms with Crippen molar-refractivity contribution in [3.63, 3.8) is 0 Å². The molecule has 0 atom stereocenters. The van der Waals surface area contributed by atoms with Crippen LogP contribution in [0.3, 0.4) is 0 Å². The SMILES string of the molecule is COCC(=O)Nc1ccc(Cl)c(N=C(N)CCl)c1. The lowest BCUT2D eigenvalue weighted by Gasteiger charge is -2.06. The number of amidine groups is 1. The summed E-state index contributed by atoms with van der Waals surface area (Å²) >= 11 is 11.5. The Bertz CT molecular complexity index is 464. The van der Waals surface area contributed by atoms with Crippen molar-refractivity contribution in [2.24, 2.45) is 10.7 Å². The highest BCUT2D eigenvalue weighted by molar-refractivity contribution is 6.33. The van der Waals surface area contributed by atoms with Gasteiger partial charge < -0.3 is 15.8 Å². The zero-order valence-electron chi connectivity index (χ0n) is 9.74. The van der Waals surface area contributed by atoms with Gasteiger partial charge in [-0.1, -0.05) is 11.6 Å². The first-order valence-electron chi connectivity index (χ1n) is 5.04. The van der Waals surface area contributed by atoms with E-state index in [-0.39, 0.29) is 24.2 Å². The molecule has 7 heteroatoms. The van der Waals surface area contributed by atoms with Crippen molar-refractivity contribution in [2.45, 2.75) is 0 Å². The zero-order chi connectivity index (χ0) is 13.5. The van der Waals surface area contributed by atoms with Crippen molar-refractivity contribution >= 4 is 46.3 Å². The molecule has 0 unspecified atom stereocenters. The molecule has 5 nitrogen and oxygen atoms in total. The number of anilines is 1. The third-order valence-electron chi connectivity index (χ3n) is 1.91. The zero-order valence-corrected chi connectivity index (χ0v) is 11.3.